The van der Waals surface area contributed by atoms with Crippen LogP contribution in [0.5, 0.6) is 0 Å². The van der Waals surface area contributed by atoms with Crippen molar-refractivity contribution in [2.75, 3.05) is 12.8 Å². The second-order valence-corrected chi connectivity index (χ2v) is 5.97. The van der Waals surface area contributed by atoms with Crippen molar-refractivity contribution in [3.05, 3.63) is 48.4 Å². The fourth-order valence-corrected chi connectivity index (χ4v) is 2.77. The van der Waals surface area contributed by atoms with E-state index in [4.69, 9.17) is 5.73 Å². The maximum Gasteiger partial charge on any atom is 0.262 e. The summed E-state index contributed by atoms with van der Waals surface area (Å²) < 4.78 is 25.9. The van der Waals surface area contributed by atoms with Gasteiger partial charge >= 0.3 is 0 Å². The Labute approximate surface area is 112 Å². The Balaban J connectivity index is 2.28. The Morgan fingerprint density at radius 2 is 1.89 bits per heavy atom. The Hall–Kier alpha value is -1.99. The molecule has 0 unspecified atom stereocenters. The molecule has 0 saturated heterocycles. The van der Waals surface area contributed by atoms with Crippen LogP contribution in [-0.4, -0.2) is 29.7 Å². The first-order chi connectivity index (χ1) is 9.01. The number of hydrogen-bond donors (Lipinski definition) is 1. The summed E-state index contributed by atoms with van der Waals surface area (Å²) in [5.41, 5.74) is 6.65. The van der Waals surface area contributed by atoms with E-state index in [1.807, 2.05) is 0 Å². The summed E-state index contributed by atoms with van der Waals surface area (Å²) in [5.74, 6) is 0. The third-order valence-electron chi connectivity index (χ3n) is 2.61. The molecule has 0 radical (unpaired) electrons. The lowest BCUT2D eigenvalue weighted by molar-refractivity contribution is 0.464. The number of aromatic nitrogens is 2. The highest BCUT2D eigenvalue weighted by Crippen LogP contribution is 2.19. The SMILES string of the molecule is CN(Cc1ccncc1)S(=O)(=O)c1ncccc1N. The molecule has 0 saturated carbocycles. The maximum atomic E-state index is 12.3. The van der Waals surface area contributed by atoms with Gasteiger partial charge in [0.2, 0.25) is 0 Å². The summed E-state index contributed by atoms with van der Waals surface area (Å²) in [7, 11) is -2.20. The minimum Gasteiger partial charge on any atom is -0.396 e. The van der Waals surface area contributed by atoms with Gasteiger partial charge in [0.1, 0.15) is 0 Å². The van der Waals surface area contributed by atoms with E-state index in [0.717, 1.165) is 5.56 Å². The topological polar surface area (TPSA) is 89.2 Å². The van der Waals surface area contributed by atoms with Crippen molar-refractivity contribution in [1.82, 2.24) is 14.3 Å². The van der Waals surface area contributed by atoms with E-state index < -0.39 is 10.0 Å². The number of pyridine rings is 2. The van der Waals surface area contributed by atoms with Gasteiger partial charge in [-0.1, -0.05) is 0 Å². The van der Waals surface area contributed by atoms with Gasteiger partial charge in [0.15, 0.2) is 5.03 Å². The van der Waals surface area contributed by atoms with Crippen LogP contribution in [0.4, 0.5) is 5.69 Å². The lowest BCUT2D eigenvalue weighted by Gasteiger charge is -2.17. The zero-order valence-electron chi connectivity index (χ0n) is 10.4. The van der Waals surface area contributed by atoms with Crippen LogP contribution in [0.1, 0.15) is 5.56 Å². The molecule has 0 aliphatic carbocycles. The summed E-state index contributed by atoms with van der Waals surface area (Å²) in [6.07, 6.45) is 4.64. The number of nitrogens with zero attached hydrogens (tertiary/aromatic N) is 3. The van der Waals surface area contributed by atoms with Gasteiger partial charge in [-0.3, -0.25) is 4.98 Å². The summed E-state index contributed by atoms with van der Waals surface area (Å²) in [6.45, 7) is 0.237. The largest absolute Gasteiger partial charge is 0.396 e. The molecule has 19 heavy (non-hydrogen) atoms. The zero-order valence-corrected chi connectivity index (χ0v) is 11.2. The molecule has 2 aromatic rings. The lowest BCUT2D eigenvalue weighted by Crippen LogP contribution is -2.28. The number of nitrogen functional groups attached to an aromatic ring is 1. The molecule has 0 fully saturated rings. The van der Waals surface area contributed by atoms with E-state index in [0.29, 0.717) is 0 Å². The molecule has 0 spiro atoms. The summed E-state index contributed by atoms with van der Waals surface area (Å²) in [4.78, 5) is 7.73. The van der Waals surface area contributed by atoms with Crippen LogP contribution >= 0.6 is 0 Å². The van der Waals surface area contributed by atoms with Crippen molar-refractivity contribution in [2.45, 2.75) is 11.6 Å². The predicted molar refractivity (Wildman–Crippen MR) is 71.5 cm³/mol. The average molecular weight is 278 g/mol. The molecular formula is C12H14N4O2S. The lowest BCUT2D eigenvalue weighted by atomic mass is 10.3. The van der Waals surface area contributed by atoms with E-state index in [2.05, 4.69) is 9.97 Å². The van der Waals surface area contributed by atoms with Crippen LogP contribution in [-0.2, 0) is 16.6 Å². The van der Waals surface area contributed by atoms with E-state index in [1.165, 1.54) is 23.6 Å². The van der Waals surface area contributed by atoms with Gasteiger partial charge in [-0.2, -0.15) is 4.31 Å². The van der Waals surface area contributed by atoms with E-state index in [1.54, 1.807) is 30.6 Å². The van der Waals surface area contributed by atoms with Gasteiger partial charge in [0.25, 0.3) is 10.0 Å². The Morgan fingerprint density at radius 1 is 1.21 bits per heavy atom. The van der Waals surface area contributed by atoms with Crippen LogP contribution in [0.15, 0.2) is 47.9 Å². The Kier molecular flexibility index (Phi) is 3.77. The number of rotatable bonds is 4. The smallest absolute Gasteiger partial charge is 0.262 e. The van der Waals surface area contributed by atoms with Crippen molar-refractivity contribution in [3.63, 3.8) is 0 Å². The molecule has 7 heteroatoms. The van der Waals surface area contributed by atoms with Crippen molar-refractivity contribution < 1.29 is 8.42 Å². The number of hydrogen-bond acceptors (Lipinski definition) is 5. The molecule has 0 atom stereocenters. The first kappa shape index (κ1) is 13.4. The molecular weight excluding hydrogens is 264 g/mol. The molecule has 2 aromatic heterocycles. The van der Waals surface area contributed by atoms with Gasteiger partial charge in [-0.05, 0) is 29.8 Å². The standard InChI is InChI=1S/C12H14N4O2S/c1-16(9-10-4-7-14-8-5-10)19(17,18)12-11(13)3-2-6-15-12/h2-8H,9,13H2,1H3. The Bertz CT molecular complexity index is 658. The van der Waals surface area contributed by atoms with Gasteiger partial charge in [-0.15, -0.1) is 0 Å². The number of nitrogens with two attached hydrogens (primary N) is 1. The molecule has 100 valence electrons. The van der Waals surface area contributed by atoms with Crippen LogP contribution in [0.2, 0.25) is 0 Å². The van der Waals surface area contributed by atoms with E-state index in [9.17, 15) is 8.42 Å². The summed E-state index contributed by atoms with van der Waals surface area (Å²) in [5, 5.41) is -0.119. The Morgan fingerprint density at radius 3 is 2.53 bits per heavy atom. The molecule has 2 rings (SSSR count). The molecule has 6 nitrogen and oxygen atoms in total. The van der Waals surface area contributed by atoms with Crippen LogP contribution in [0.3, 0.4) is 0 Å². The van der Waals surface area contributed by atoms with E-state index >= 15 is 0 Å². The highest BCUT2D eigenvalue weighted by Gasteiger charge is 2.24. The highest BCUT2D eigenvalue weighted by atomic mass is 32.2. The van der Waals surface area contributed by atoms with Crippen LogP contribution in [0.25, 0.3) is 0 Å². The fraction of sp³-hybridized carbons (Fsp3) is 0.167. The third kappa shape index (κ3) is 2.88. The van der Waals surface area contributed by atoms with Gasteiger partial charge < -0.3 is 5.73 Å². The minimum absolute atomic E-state index is 0.119. The van der Waals surface area contributed by atoms with Crippen molar-refractivity contribution >= 4 is 15.7 Å². The second-order valence-electron chi connectivity index (χ2n) is 4.01. The summed E-state index contributed by atoms with van der Waals surface area (Å²) in [6, 6.07) is 6.62. The third-order valence-corrected chi connectivity index (χ3v) is 4.39. The molecule has 0 aliphatic rings. The fourth-order valence-electron chi connectivity index (χ4n) is 1.60. The first-order valence-corrected chi connectivity index (χ1v) is 7.01. The zero-order chi connectivity index (χ0) is 13.9. The highest BCUT2D eigenvalue weighted by molar-refractivity contribution is 7.89. The van der Waals surface area contributed by atoms with Gasteiger partial charge in [-0.25, -0.2) is 13.4 Å². The molecule has 0 bridgehead atoms. The van der Waals surface area contributed by atoms with Crippen molar-refractivity contribution in [1.29, 1.82) is 0 Å². The van der Waals surface area contributed by atoms with Crippen molar-refractivity contribution in [2.24, 2.45) is 0 Å². The monoisotopic (exact) mass is 278 g/mol. The van der Waals surface area contributed by atoms with Crippen LogP contribution < -0.4 is 5.73 Å². The van der Waals surface area contributed by atoms with Crippen molar-refractivity contribution in [3.8, 4) is 0 Å². The minimum atomic E-state index is -3.69. The quantitative estimate of drug-likeness (QED) is 0.896. The normalized spacial score (nSPS) is 11.7. The van der Waals surface area contributed by atoms with E-state index in [-0.39, 0.29) is 17.3 Å². The molecule has 0 amide bonds. The maximum absolute atomic E-state index is 12.3. The number of sulfonamides is 1. The molecule has 2 N–H and O–H groups in total. The van der Waals surface area contributed by atoms with Gasteiger partial charge in [0, 0.05) is 32.2 Å². The van der Waals surface area contributed by atoms with Crippen LogP contribution in [0, 0.1) is 0 Å². The van der Waals surface area contributed by atoms with Gasteiger partial charge in [0.05, 0.1) is 5.69 Å². The number of anilines is 1. The second kappa shape index (κ2) is 5.33. The molecule has 2 heterocycles. The average Bonchev–Trinajstić information content (AvgIpc) is 2.40. The predicted octanol–water partition coefficient (Wildman–Crippen LogP) is 0.880. The molecule has 0 aliphatic heterocycles. The summed E-state index contributed by atoms with van der Waals surface area (Å²) >= 11 is 0. The molecule has 0 aromatic carbocycles. The first-order valence-electron chi connectivity index (χ1n) is 5.57.